The van der Waals surface area contributed by atoms with E-state index in [-0.39, 0.29) is 5.69 Å². The Morgan fingerprint density at radius 2 is 2.07 bits per heavy atom. The molecule has 2 N–H and O–H groups in total. The van der Waals surface area contributed by atoms with Crippen molar-refractivity contribution in [3.05, 3.63) is 35.9 Å². The minimum absolute atomic E-state index is 0.187. The van der Waals surface area contributed by atoms with Gasteiger partial charge in [0.2, 0.25) is 0 Å². The number of amides is 1. The minimum atomic E-state index is -0.576. The van der Waals surface area contributed by atoms with E-state index in [0.717, 1.165) is 5.69 Å². The summed E-state index contributed by atoms with van der Waals surface area (Å²) in [5, 5.41) is 7.55. The molecule has 15 heavy (non-hydrogen) atoms. The highest BCUT2D eigenvalue weighted by Gasteiger charge is 2.13. The second-order valence-electron chi connectivity index (χ2n) is 3.00. The summed E-state index contributed by atoms with van der Waals surface area (Å²) in [5.74, 6) is -0.576. The first-order chi connectivity index (χ1) is 7.20. The van der Waals surface area contributed by atoms with Gasteiger partial charge in [-0.3, -0.25) is 9.78 Å². The molecule has 0 fully saturated rings. The second-order valence-corrected chi connectivity index (χ2v) is 3.00. The molecule has 0 aliphatic rings. The first-order valence-corrected chi connectivity index (χ1v) is 4.32. The molecule has 2 rings (SSSR count). The van der Waals surface area contributed by atoms with E-state index >= 15 is 0 Å². The number of nitrogens with two attached hydrogens (primary N) is 1. The fourth-order valence-electron chi connectivity index (χ4n) is 1.29. The van der Waals surface area contributed by atoms with Crippen molar-refractivity contribution in [2.75, 3.05) is 0 Å². The molecule has 6 heteroatoms. The number of carbonyl (C=O) groups is 1. The molecule has 1 amide bonds. The summed E-state index contributed by atoms with van der Waals surface area (Å²) in [7, 11) is 0. The normalized spacial score (nSPS) is 10.2. The number of hydrogen-bond donors (Lipinski definition) is 1. The van der Waals surface area contributed by atoms with E-state index in [1.165, 1.54) is 0 Å². The molecule has 0 atom stereocenters. The SMILES string of the molecule is Cc1c(C(N)=O)nnn1-c1ccncc1. The van der Waals surface area contributed by atoms with Gasteiger partial charge in [0.1, 0.15) is 0 Å². The van der Waals surface area contributed by atoms with E-state index < -0.39 is 5.91 Å². The van der Waals surface area contributed by atoms with Gasteiger partial charge in [-0.2, -0.15) is 0 Å². The Morgan fingerprint density at radius 3 is 2.60 bits per heavy atom. The van der Waals surface area contributed by atoms with Crippen LogP contribution in [-0.4, -0.2) is 25.9 Å². The third-order valence-corrected chi connectivity index (χ3v) is 2.04. The molecule has 0 aliphatic heterocycles. The van der Waals surface area contributed by atoms with E-state index in [1.807, 2.05) is 0 Å². The lowest BCUT2D eigenvalue weighted by molar-refractivity contribution is 0.0995. The molecule has 0 saturated heterocycles. The molecule has 0 aromatic carbocycles. The summed E-state index contributed by atoms with van der Waals surface area (Å²) >= 11 is 0. The van der Waals surface area contributed by atoms with Crippen LogP contribution in [0.5, 0.6) is 0 Å². The maximum absolute atomic E-state index is 11.0. The molecule has 76 valence electrons. The molecule has 6 nitrogen and oxygen atoms in total. The first kappa shape index (κ1) is 9.32. The van der Waals surface area contributed by atoms with Gasteiger partial charge >= 0.3 is 0 Å². The van der Waals surface area contributed by atoms with Gasteiger partial charge in [-0.05, 0) is 19.1 Å². The van der Waals surface area contributed by atoms with Crippen LogP contribution in [0.2, 0.25) is 0 Å². The Kier molecular flexibility index (Phi) is 2.17. The van der Waals surface area contributed by atoms with Gasteiger partial charge in [0, 0.05) is 12.4 Å². The van der Waals surface area contributed by atoms with Crippen molar-refractivity contribution >= 4 is 5.91 Å². The summed E-state index contributed by atoms with van der Waals surface area (Å²) < 4.78 is 1.54. The van der Waals surface area contributed by atoms with Crippen molar-refractivity contribution in [1.82, 2.24) is 20.0 Å². The van der Waals surface area contributed by atoms with Crippen molar-refractivity contribution in [2.45, 2.75) is 6.92 Å². The predicted octanol–water partition coefficient (Wildman–Crippen LogP) is 0.0696. The highest BCUT2D eigenvalue weighted by Crippen LogP contribution is 2.09. The summed E-state index contributed by atoms with van der Waals surface area (Å²) in [6.45, 7) is 1.74. The quantitative estimate of drug-likeness (QED) is 0.748. The van der Waals surface area contributed by atoms with Gasteiger partial charge in [0.15, 0.2) is 5.69 Å². The van der Waals surface area contributed by atoms with Crippen LogP contribution in [-0.2, 0) is 0 Å². The minimum Gasteiger partial charge on any atom is -0.364 e. The van der Waals surface area contributed by atoms with E-state index in [9.17, 15) is 4.79 Å². The van der Waals surface area contributed by atoms with Crippen LogP contribution in [0.3, 0.4) is 0 Å². The topological polar surface area (TPSA) is 86.7 Å². The summed E-state index contributed by atoms with van der Waals surface area (Å²) in [4.78, 5) is 14.8. The third kappa shape index (κ3) is 1.56. The van der Waals surface area contributed by atoms with Crippen LogP contribution in [0.15, 0.2) is 24.5 Å². The van der Waals surface area contributed by atoms with Crippen molar-refractivity contribution in [3.8, 4) is 5.69 Å². The lowest BCUT2D eigenvalue weighted by atomic mass is 10.3. The van der Waals surface area contributed by atoms with Crippen molar-refractivity contribution in [2.24, 2.45) is 5.73 Å². The fraction of sp³-hybridized carbons (Fsp3) is 0.111. The summed E-state index contributed by atoms with van der Waals surface area (Å²) in [6.07, 6.45) is 3.28. The van der Waals surface area contributed by atoms with Crippen molar-refractivity contribution in [3.63, 3.8) is 0 Å². The standard InChI is InChI=1S/C9H9N5O/c1-6-8(9(10)15)12-13-14(6)7-2-4-11-5-3-7/h2-5H,1H3,(H2,10,15). The number of hydrogen-bond acceptors (Lipinski definition) is 4. The van der Waals surface area contributed by atoms with Crippen LogP contribution < -0.4 is 5.73 Å². The van der Waals surface area contributed by atoms with Gasteiger partial charge in [-0.25, -0.2) is 4.68 Å². The average molecular weight is 203 g/mol. The molecular weight excluding hydrogens is 194 g/mol. The molecule has 0 unspecified atom stereocenters. The fourth-order valence-corrected chi connectivity index (χ4v) is 1.29. The van der Waals surface area contributed by atoms with E-state index in [4.69, 9.17) is 5.73 Å². The maximum atomic E-state index is 11.0. The lowest BCUT2D eigenvalue weighted by Gasteiger charge is -2.01. The highest BCUT2D eigenvalue weighted by molar-refractivity contribution is 5.91. The lowest BCUT2D eigenvalue weighted by Crippen LogP contribution is -2.13. The molecule has 0 radical (unpaired) electrons. The van der Waals surface area contributed by atoms with Crippen LogP contribution in [0.25, 0.3) is 5.69 Å². The largest absolute Gasteiger partial charge is 0.364 e. The number of nitrogens with zero attached hydrogens (tertiary/aromatic N) is 4. The molecule has 2 aromatic heterocycles. The molecule has 0 bridgehead atoms. The van der Waals surface area contributed by atoms with Crippen LogP contribution in [0.1, 0.15) is 16.2 Å². The Hall–Kier alpha value is -2.24. The summed E-state index contributed by atoms with van der Waals surface area (Å²) in [6, 6.07) is 3.54. The molecule has 0 spiro atoms. The Morgan fingerprint density at radius 1 is 1.40 bits per heavy atom. The van der Waals surface area contributed by atoms with Gasteiger partial charge in [0.05, 0.1) is 11.4 Å². The number of primary amides is 1. The van der Waals surface area contributed by atoms with Gasteiger partial charge in [0.25, 0.3) is 5.91 Å². The monoisotopic (exact) mass is 203 g/mol. The van der Waals surface area contributed by atoms with Gasteiger partial charge < -0.3 is 5.73 Å². The number of pyridine rings is 1. The Balaban J connectivity index is 2.52. The van der Waals surface area contributed by atoms with Crippen molar-refractivity contribution in [1.29, 1.82) is 0 Å². The van der Waals surface area contributed by atoms with E-state index in [1.54, 1.807) is 36.1 Å². The molecule has 2 aromatic rings. The summed E-state index contributed by atoms with van der Waals surface area (Å²) in [5.41, 5.74) is 6.74. The zero-order chi connectivity index (χ0) is 10.8. The van der Waals surface area contributed by atoms with Gasteiger partial charge in [-0.1, -0.05) is 5.21 Å². The zero-order valence-corrected chi connectivity index (χ0v) is 8.08. The van der Waals surface area contributed by atoms with E-state index in [2.05, 4.69) is 15.3 Å². The van der Waals surface area contributed by atoms with Crippen LogP contribution in [0, 0.1) is 6.92 Å². The molecule has 0 aliphatic carbocycles. The predicted molar refractivity (Wildman–Crippen MR) is 52.4 cm³/mol. The number of carbonyl (C=O) groups excluding carboxylic acids is 1. The molecule has 2 heterocycles. The van der Waals surface area contributed by atoms with Gasteiger partial charge in [-0.15, -0.1) is 5.10 Å². The van der Waals surface area contributed by atoms with Crippen LogP contribution >= 0.6 is 0 Å². The second kappa shape index (κ2) is 3.49. The zero-order valence-electron chi connectivity index (χ0n) is 8.08. The van der Waals surface area contributed by atoms with E-state index in [0.29, 0.717) is 5.69 Å². The Labute approximate surface area is 85.7 Å². The number of aromatic nitrogens is 4. The van der Waals surface area contributed by atoms with Crippen molar-refractivity contribution < 1.29 is 4.79 Å². The first-order valence-electron chi connectivity index (χ1n) is 4.32. The third-order valence-electron chi connectivity index (χ3n) is 2.04. The van der Waals surface area contributed by atoms with Crippen LogP contribution in [0.4, 0.5) is 0 Å². The maximum Gasteiger partial charge on any atom is 0.271 e. The number of rotatable bonds is 2. The molecular formula is C9H9N5O. The highest BCUT2D eigenvalue weighted by atomic mass is 16.1. The Bertz CT molecular complexity index is 490. The molecule has 0 saturated carbocycles. The average Bonchev–Trinajstić information content (AvgIpc) is 2.61. The smallest absolute Gasteiger partial charge is 0.271 e.